The zero-order chi connectivity index (χ0) is 27.5. The van der Waals surface area contributed by atoms with E-state index in [2.05, 4.69) is 0 Å². The Labute approximate surface area is 216 Å². The van der Waals surface area contributed by atoms with Crippen molar-refractivity contribution in [1.29, 1.82) is 0 Å². The molecule has 11 nitrogen and oxygen atoms in total. The SMILES string of the molecule is C[C@@H](O)[C@H](N)C(=O)N1CCC[C@H]1C(=O)N1CCC[C@@]1(Cc1ccccc1)C(=O)N(C)[C@H](C(=O)O)[C@@H](C)O. The average Bonchev–Trinajstić information content (AvgIpc) is 3.50. The maximum atomic E-state index is 14.1. The smallest absolute Gasteiger partial charge is 0.329 e. The summed E-state index contributed by atoms with van der Waals surface area (Å²) < 4.78 is 0. The number of carboxylic acid groups (broad SMARTS) is 1. The van der Waals surface area contributed by atoms with Crippen molar-refractivity contribution in [2.45, 2.75) is 81.8 Å². The van der Waals surface area contributed by atoms with Gasteiger partial charge >= 0.3 is 5.97 Å². The molecule has 11 heteroatoms. The maximum Gasteiger partial charge on any atom is 0.329 e. The normalized spacial score (nSPS) is 24.9. The first-order chi connectivity index (χ1) is 17.4. The van der Waals surface area contributed by atoms with Crippen molar-refractivity contribution in [3.05, 3.63) is 35.9 Å². The molecule has 3 rings (SSSR count). The van der Waals surface area contributed by atoms with Crippen LogP contribution in [0.5, 0.6) is 0 Å². The summed E-state index contributed by atoms with van der Waals surface area (Å²) in [5.41, 5.74) is 5.29. The zero-order valence-electron chi connectivity index (χ0n) is 21.6. The molecule has 37 heavy (non-hydrogen) atoms. The van der Waals surface area contributed by atoms with Gasteiger partial charge in [-0.25, -0.2) is 4.79 Å². The quantitative estimate of drug-likeness (QED) is 0.342. The summed E-state index contributed by atoms with van der Waals surface area (Å²) in [6.45, 7) is 3.29. The van der Waals surface area contributed by atoms with Gasteiger partial charge in [-0.3, -0.25) is 14.4 Å². The van der Waals surface area contributed by atoms with E-state index in [-0.39, 0.29) is 13.0 Å². The molecule has 0 aromatic heterocycles. The van der Waals surface area contributed by atoms with Crippen LogP contribution in [0.25, 0.3) is 0 Å². The number of carboxylic acids is 1. The molecule has 2 aliphatic rings. The predicted molar refractivity (Wildman–Crippen MR) is 134 cm³/mol. The van der Waals surface area contributed by atoms with Crippen LogP contribution in [-0.2, 0) is 25.6 Å². The number of carbonyl (C=O) groups excluding carboxylic acids is 3. The van der Waals surface area contributed by atoms with Crippen LogP contribution in [0.15, 0.2) is 30.3 Å². The Hall–Kier alpha value is -3.02. The van der Waals surface area contributed by atoms with Gasteiger partial charge in [0.1, 0.15) is 17.6 Å². The van der Waals surface area contributed by atoms with Gasteiger partial charge in [-0.2, -0.15) is 0 Å². The monoisotopic (exact) mass is 518 g/mol. The lowest BCUT2D eigenvalue weighted by atomic mass is 9.85. The zero-order valence-corrected chi connectivity index (χ0v) is 21.6. The van der Waals surface area contributed by atoms with Gasteiger partial charge in [-0.05, 0) is 45.1 Å². The van der Waals surface area contributed by atoms with E-state index in [1.807, 2.05) is 30.3 Å². The van der Waals surface area contributed by atoms with Crippen molar-refractivity contribution in [3.8, 4) is 0 Å². The van der Waals surface area contributed by atoms with Crippen LogP contribution in [0.2, 0.25) is 0 Å². The third-order valence-corrected chi connectivity index (χ3v) is 7.57. The highest BCUT2D eigenvalue weighted by Gasteiger charge is 2.54. The number of benzene rings is 1. The number of nitrogens with two attached hydrogens (primary N) is 1. The number of rotatable bonds is 9. The minimum absolute atomic E-state index is 0.156. The summed E-state index contributed by atoms with van der Waals surface area (Å²) in [6, 6.07) is 5.66. The van der Waals surface area contributed by atoms with Crippen molar-refractivity contribution >= 4 is 23.7 Å². The highest BCUT2D eigenvalue weighted by molar-refractivity contribution is 5.97. The molecule has 0 aliphatic carbocycles. The van der Waals surface area contributed by atoms with Crippen LogP contribution in [0, 0.1) is 0 Å². The summed E-state index contributed by atoms with van der Waals surface area (Å²) in [4.78, 5) is 56.9. The Bertz CT molecular complexity index is 1000. The first-order valence-corrected chi connectivity index (χ1v) is 12.7. The molecule has 3 amide bonds. The fourth-order valence-corrected chi connectivity index (χ4v) is 5.63. The minimum atomic E-state index is -1.49. The molecule has 204 valence electrons. The van der Waals surface area contributed by atoms with Crippen LogP contribution < -0.4 is 5.73 Å². The number of aliphatic carboxylic acids is 1. The summed E-state index contributed by atoms with van der Waals surface area (Å²) in [7, 11) is 1.33. The number of likely N-dealkylation sites (tertiary alicyclic amines) is 2. The Balaban J connectivity index is 2.01. The second kappa shape index (κ2) is 11.6. The van der Waals surface area contributed by atoms with E-state index in [1.165, 1.54) is 30.7 Å². The number of hydrogen-bond acceptors (Lipinski definition) is 7. The van der Waals surface area contributed by atoms with Crippen molar-refractivity contribution < 1.29 is 34.5 Å². The molecule has 1 aromatic carbocycles. The first kappa shape index (κ1) is 28.5. The van der Waals surface area contributed by atoms with E-state index in [0.29, 0.717) is 32.2 Å². The molecule has 5 N–H and O–H groups in total. The van der Waals surface area contributed by atoms with Crippen molar-refractivity contribution in [2.24, 2.45) is 5.73 Å². The second-order valence-electron chi connectivity index (χ2n) is 10.2. The standard InChI is InChI=1S/C26H38N4O7/c1-16(31)20(27)23(34)29-13-7-11-19(29)22(33)30-14-8-12-26(30,15-18-9-5-4-6-10-18)25(37)28(3)21(17(2)32)24(35)36/h4-6,9-10,16-17,19-21,31-32H,7-8,11-15,27H2,1-3H3,(H,35,36)/t16-,17-,19+,20+,21+,26-/m1/s1. The van der Waals surface area contributed by atoms with E-state index in [0.717, 1.165) is 10.5 Å². The van der Waals surface area contributed by atoms with E-state index < -0.39 is 59.6 Å². The summed E-state index contributed by atoms with van der Waals surface area (Å²) in [5.74, 6) is -2.85. The van der Waals surface area contributed by atoms with Crippen molar-refractivity contribution in [1.82, 2.24) is 14.7 Å². The van der Waals surface area contributed by atoms with Crippen LogP contribution in [-0.4, -0.2) is 110 Å². The van der Waals surface area contributed by atoms with Gasteiger partial charge in [0.05, 0.1) is 12.2 Å². The van der Waals surface area contributed by atoms with E-state index in [4.69, 9.17) is 5.73 Å². The highest BCUT2D eigenvalue weighted by Crippen LogP contribution is 2.37. The number of amides is 3. The summed E-state index contributed by atoms with van der Waals surface area (Å²) in [6.07, 6.45) is -0.486. The largest absolute Gasteiger partial charge is 0.480 e. The Morgan fingerprint density at radius 3 is 2.30 bits per heavy atom. The highest BCUT2D eigenvalue weighted by atomic mass is 16.4. The molecule has 2 saturated heterocycles. The predicted octanol–water partition coefficient (Wildman–Crippen LogP) is -0.418. The number of hydrogen-bond donors (Lipinski definition) is 4. The van der Waals surface area contributed by atoms with Gasteiger partial charge in [0, 0.05) is 26.6 Å². The molecule has 1 aromatic rings. The second-order valence-corrected chi connectivity index (χ2v) is 10.2. The lowest BCUT2D eigenvalue weighted by Gasteiger charge is -2.43. The first-order valence-electron chi connectivity index (χ1n) is 12.7. The number of aliphatic hydroxyl groups excluding tert-OH is 2. The van der Waals surface area contributed by atoms with E-state index >= 15 is 0 Å². The van der Waals surface area contributed by atoms with Crippen molar-refractivity contribution in [2.75, 3.05) is 20.1 Å². The molecule has 0 unspecified atom stereocenters. The molecule has 0 bridgehead atoms. The molecule has 2 aliphatic heterocycles. The van der Waals surface area contributed by atoms with Gasteiger partial charge in [-0.1, -0.05) is 30.3 Å². The summed E-state index contributed by atoms with van der Waals surface area (Å²) >= 11 is 0. The third kappa shape index (κ3) is 5.63. The Kier molecular flexibility index (Phi) is 8.93. The third-order valence-electron chi connectivity index (χ3n) is 7.57. The van der Waals surface area contributed by atoms with Crippen LogP contribution in [0.4, 0.5) is 0 Å². The molecule has 0 radical (unpaired) electrons. The van der Waals surface area contributed by atoms with Gasteiger partial charge in [0.15, 0.2) is 6.04 Å². The van der Waals surface area contributed by atoms with Crippen LogP contribution >= 0.6 is 0 Å². The van der Waals surface area contributed by atoms with Gasteiger partial charge < -0.3 is 35.8 Å². The van der Waals surface area contributed by atoms with Crippen LogP contribution in [0.1, 0.15) is 45.1 Å². The minimum Gasteiger partial charge on any atom is -0.480 e. The molecule has 0 spiro atoms. The number of nitrogens with zero attached hydrogens (tertiary/aromatic N) is 3. The van der Waals surface area contributed by atoms with E-state index in [1.54, 1.807) is 0 Å². The summed E-state index contributed by atoms with van der Waals surface area (Å²) in [5, 5.41) is 29.7. The Morgan fingerprint density at radius 1 is 1.08 bits per heavy atom. The lowest BCUT2D eigenvalue weighted by Crippen LogP contribution is -2.65. The fourth-order valence-electron chi connectivity index (χ4n) is 5.63. The molecule has 0 saturated carbocycles. The number of likely N-dealkylation sites (N-methyl/N-ethyl adjacent to an activating group) is 1. The topological polar surface area (TPSA) is 165 Å². The number of carbonyl (C=O) groups is 4. The molecular weight excluding hydrogens is 480 g/mol. The van der Waals surface area contributed by atoms with Gasteiger partial charge in [0.2, 0.25) is 17.7 Å². The Morgan fingerprint density at radius 2 is 1.73 bits per heavy atom. The van der Waals surface area contributed by atoms with Crippen LogP contribution in [0.3, 0.4) is 0 Å². The van der Waals surface area contributed by atoms with Crippen molar-refractivity contribution in [3.63, 3.8) is 0 Å². The number of aliphatic hydroxyl groups is 2. The van der Waals surface area contributed by atoms with Gasteiger partial charge in [-0.15, -0.1) is 0 Å². The molecule has 2 fully saturated rings. The fraction of sp³-hybridized carbons (Fsp3) is 0.615. The molecular formula is C26H38N4O7. The average molecular weight is 519 g/mol. The molecule has 2 heterocycles. The van der Waals surface area contributed by atoms with Gasteiger partial charge in [0.25, 0.3) is 0 Å². The van der Waals surface area contributed by atoms with E-state index in [9.17, 15) is 34.5 Å². The molecule has 6 atom stereocenters. The maximum absolute atomic E-state index is 14.1. The lowest BCUT2D eigenvalue weighted by molar-refractivity contribution is -0.162.